The SMILES string of the molecule is CSc1cc(NCCn2ccnn2)ncn1. The molecule has 0 aliphatic rings. The maximum Gasteiger partial charge on any atom is 0.130 e. The summed E-state index contributed by atoms with van der Waals surface area (Å²) in [6.07, 6.45) is 7.04. The van der Waals surface area contributed by atoms with E-state index in [0.29, 0.717) is 0 Å². The molecule has 1 N–H and O–H groups in total. The van der Waals surface area contributed by atoms with Crippen molar-refractivity contribution in [1.29, 1.82) is 0 Å². The van der Waals surface area contributed by atoms with Gasteiger partial charge in [-0.15, -0.1) is 16.9 Å². The quantitative estimate of drug-likeness (QED) is 0.614. The van der Waals surface area contributed by atoms with Gasteiger partial charge in [-0.3, -0.25) is 4.68 Å². The summed E-state index contributed by atoms with van der Waals surface area (Å²) in [5.41, 5.74) is 0. The molecule has 2 heterocycles. The van der Waals surface area contributed by atoms with Crippen LogP contribution in [0.1, 0.15) is 0 Å². The van der Waals surface area contributed by atoms with Crippen LogP contribution in [0.3, 0.4) is 0 Å². The Morgan fingerprint density at radius 2 is 2.38 bits per heavy atom. The molecule has 0 fully saturated rings. The van der Waals surface area contributed by atoms with Crippen molar-refractivity contribution in [3.63, 3.8) is 0 Å². The zero-order chi connectivity index (χ0) is 11.2. The fourth-order valence-corrected chi connectivity index (χ4v) is 1.58. The monoisotopic (exact) mass is 236 g/mol. The highest BCUT2D eigenvalue weighted by atomic mass is 32.2. The maximum absolute atomic E-state index is 4.13. The smallest absolute Gasteiger partial charge is 0.130 e. The third-order valence-corrected chi connectivity index (χ3v) is 2.61. The first-order valence-electron chi connectivity index (χ1n) is 4.82. The van der Waals surface area contributed by atoms with Crippen molar-refractivity contribution in [3.8, 4) is 0 Å². The Bertz CT molecular complexity index is 429. The summed E-state index contributed by atoms with van der Waals surface area (Å²) in [6, 6.07) is 1.92. The second-order valence-corrected chi connectivity index (χ2v) is 3.87. The largest absolute Gasteiger partial charge is 0.368 e. The highest BCUT2D eigenvalue weighted by Crippen LogP contribution is 2.13. The van der Waals surface area contributed by atoms with E-state index in [9.17, 15) is 0 Å². The van der Waals surface area contributed by atoms with E-state index in [-0.39, 0.29) is 0 Å². The zero-order valence-corrected chi connectivity index (χ0v) is 9.68. The van der Waals surface area contributed by atoms with Crippen LogP contribution >= 0.6 is 11.8 Å². The van der Waals surface area contributed by atoms with E-state index < -0.39 is 0 Å². The molecule has 7 heteroatoms. The molecule has 2 rings (SSSR count). The third-order valence-electron chi connectivity index (χ3n) is 1.97. The molecular weight excluding hydrogens is 224 g/mol. The van der Waals surface area contributed by atoms with Crippen LogP contribution in [0.15, 0.2) is 29.8 Å². The summed E-state index contributed by atoms with van der Waals surface area (Å²) in [5.74, 6) is 0.833. The Kier molecular flexibility index (Phi) is 3.71. The van der Waals surface area contributed by atoms with Crippen molar-refractivity contribution in [1.82, 2.24) is 25.0 Å². The van der Waals surface area contributed by atoms with Gasteiger partial charge in [-0.1, -0.05) is 5.21 Å². The zero-order valence-electron chi connectivity index (χ0n) is 8.87. The van der Waals surface area contributed by atoms with Crippen molar-refractivity contribution >= 4 is 17.6 Å². The molecule has 0 amide bonds. The Labute approximate surface area is 97.5 Å². The first-order valence-corrected chi connectivity index (χ1v) is 6.05. The topological polar surface area (TPSA) is 68.5 Å². The Hall–Kier alpha value is -1.63. The molecule has 84 valence electrons. The molecule has 0 saturated heterocycles. The van der Waals surface area contributed by atoms with Crippen molar-refractivity contribution in [2.24, 2.45) is 0 Å². The van der Waals surface area contributed by atoms with Gasteiger partial charge in [-0.05, 0) is 6.26 Å². The first-order chi connectivity index (χ1) is 7.88. The molecule has 0 saturated carbocycles. The Morgan fingerprint density at radius 3 is 3.12 bits per heavy atom. The van der Waals surface area contributed by atoms with E-state index in [2.05, 4.69) is 25.6 Å². The Balaban J connectivity index is 1.85. The number of rotatable bonds is 5. The fourth-order valence-electron chi connectivity index (χ4n) is 1.20. The van der Waals surface area contributed by atoms with E-state index in [4.69, 9.17) is 0 Å². The van der Waals surface area contributed by atoms with Crippen LogP contribution in [0, 0.1) is 0 Å². The molecule has 6 nitrogen and oxygen atoms in total. The van der Waals surface area contributed by atoms with Gasteiger partial charge in [0.2, 0.25) is 0 Å². The van der Waals surface area contributed by atoms with Gasteiger partial charge in [-0.25, -0.2) is 9.97 Å². The lowest BCUT2D eigenvalue weighted by Crippen LogP contribution is -2.12. The van der Waals surface area contributed by atoms with Crippen molar-refractivity contribution in [3.05, 3.63) is 24.8 Å². The average Bonchev–Trinajstić information content (AvgIpc) is 2.82. The average molecular weight is 236 g/mol. The van der Waals surface area contributed by atoms with Gasteiger partial charge in [0.25, 0.3) is 0 Å². The summed E-state index contributed by atoms with van der Waals surface area (Å²) in [7, 11) is 0. The molecule has 0 unspecified atom stereocenters. The van der Waals surface area contributed by atoms with E-state index in [1.54, 1.807) is 29.0 Å². The maximum atomic E-state index is 4.13. The second-order valence-electron chi connectivity index (χ2n) is 3.04. The van der Waals surface area contributed by atoms with Gasteiger partial charge in [0, 0.05) is 18.8 Å². The lowest BCUT2D eigenvalue weighted by Gasteiger charge is -2.05. The number of hydrogen-bond acceptors (Lipinski definition) is 6. The van der Waals surface area contributed by atoms with Crippen molar-refractivity contribution < 1.29 is 0 Å². The number of thioether (sulfide) groups is 1. The number of nitrogens with one attached hydrogen (secondary N) is 1. The van der Waals surface area contributed by atoms with Crippen LogP contribution in [0.4, 0.5) is 5.82 Å². The minimum Gasteiger partial charge on any atom is -0.368 e. The highest BCUT2D eigenvalue weighted by Gasteiger charge is 1.97. The minimum atomic E-state index is 0.758. The van der Waals surface area contributed by atoms with Gasteiger partial charge >= 0.3 is 0 Å². The number of hydrogen-bond donors (Lipinski definition) is 1. The lowest BCUT2D eigenvalue weighted by atomic mass is 10.5. The predicted octanol–water partition coefficient (Wildman–Crippen LogP) is 0.902. The molecule has 0 radical (unpaired) electrons. The molecule has 0 aromatic carbocycles. The van der Waals surface area contributed by atoms with Gasteiger partial charge in [0.15, 0.2) is 0 Å². The van der Waals surface area contributed by atoms with Gasteiger partial charge in [0.05, 0.1) is 12.7 Å². The van der Waals surface area contributed by atoms with Gasteiger partial charge in [0.1, 0.15) is 17.2 Å². The normalized spacial score (nSPS) is 10.3. The summed E-state index contributed by atoms with van der Waals surface area (Å²) < 4.78 is 1.77. The number of anilines is 1. The van der Waals surface area contributed by atoms with Crippen LogP contribution in [0.25, 0.3) is 0 Å². The van der Waals surface area contributed by atoms with Crippen LogP contribution in [0.2, 0.25) is 0 Å². The summed E-state index contributed by atoms with van der Waals surface area (Å²) in [5, 5.41) is 11.8. The standard InChI is InChI=1S/C9H12N6S/c1-16-9-6-8(11-7-12-9)10-2-4-15-5-3-13-14-15/h3,5-7H,2,4H2,1H3,(H,10,11,12). The van der Waals surface area contributed by atoms with Crippen LogP contribution < -0.4 is 5.32 Å². The molecule has 16 heavy (non-hydrogen) atoms. The molecule has 0 aliphatic heterocycles. The van der Waals surface area contributed by atoms with Crippen LogP contribution in [0.5, 0.6) is 0 Å². The molecule has 0 aliphatic carbocycles. The highest BCUT2D eigenvalue weighted by molar-refractivity contribution is 7.98. The fraction of sp³-hybridized carbons (Fsp3) is 0.333. The van der Waals surface area contributed by atoms with E-state index in [0.717, 1.165) is 23.9 Å². The molecular formula is C9H12N6S. The molecule has 2 aromatic heterocycles. The minimum absolute atomic E-state index is 0.758. The van der Waals surface area contributed by atoms with Crippen molar-refractivity contribution in [2.75, 3.05) is 18.1 Å². The molecule has 0 spiro atoms. The van der Waals surface area contributed by atoms with Crippen LogP contribution in [-0.2, 0) is 6.54 Å². The van der Waals surface area contributed by atoms with E-state index in [1.807, 2.05) is 18.5 Å². The molecule has 2 aromatic rings. The van der Waals surface area contributed by atoms with E-state index in [1.165, 1.54) is 0 Å². The predicted molar refractivity (Wildman–Crippen MR) is 62.3 cm³/mol. The summed E-state index contributed by atoms with van der Waals surface area (Å²) in [6.45, 7) is 1.52. The summed E-state index contributed by atoms with van der Waals surface area (Å²) in [4.78, 5) is 8.23. The first kappa shape index (κ1) is 10.9. The molecule has 0 bridgehead atoms. The van der Waals surface area contributed by atoms with Crippen molar-refractivity contribution in [2.45, 2.75) is 11.6 Å². The lowest BCUT2D eigenvalue weighted by molar-refractivity contribution is 0.608. The van der Waals surface area contributed by atoms with Crippen LogP contribution in [-0.4, -0.2) is 37.8 Å². The van der Waals surface area contributed by atoms with Gasteiger partial charge < -0.3 is 5.32 Å². The number of nitrogens with zero attached hydrogens (tertiary/aromatic N) is 5. The van der Waals surface area contributed by atoms with E-state index >= 15 is 0 Å². The Morgan fingerprint density at radius 1 is 1.44 bits per heavy atom. The summed E-state index contributed by atoms with van der Waals surface area (Å²) >= 11 is 1.60. The van der Waals surface area contributed by atoms with Gasteiger partial charge in [-0.2, -0.15) is 0 Å². The molecule has 0 atom stereocenters. The second kappa shape index (κ2) is 5.45. The number of aromatic nitrogens is 5. The third kappa shape index (κ3) is 2.93.